The number of alkyl halides is 2. The van der Waals surface area contributed by atoms with E-state index >= 15 is 0 Å². The van der Waals surface area contributed by atoms with Crippen LogP contribution in [-0.4, -0.2) is 42.8 Å². The normalized spacial score (nSPS) is 12.9. The van der Waals surface area contributed by atoms with Gasteiger partial charge in [0.2, 0.25) is 5.88 Å². The van der Waals surface area contributed by atoms with Crippen molar-refractivity contribution in [1.29, 1.82) is 0 Å². The Bertz CT molecular complexity index is 1120. The molecule has 0 aliphatic carbocycles. The zero-order valence-corrected chi connectivity index (χ0v) is 20.2. The maximum atomic E-state index is 12.9. The van der Waals surface area contributed by atoms with E-state index < -0.39 is 17.6 Å². The van der Waals surface area contributed by atoms with Gasteiger partial charge in [-0.2, -0.15) is 13.8 Å². The summed E-state index contributed by atoms with van der Waals surface area (Å²) in [6.07, 6.45) is 4.24. The number of pyridine rings is 2. The first-order valence-corrected chi connectivity index (χ1v) is 12.1. The predicted molar refractivity (Wildman–Crippen MR) is 124 cm³/mol. The predicted octanol–water partition coefficient (Wildman–Crippen LogP) is 5.38. The van der Waals surface area contributed by atoms with Crippen molar-refractivity contribution in [2.75, 3.05) is 17.6 Å². The third-order valence-corrected chi connectivity index (χ3v) is 6.48. The van der Waals surface area contributed by atoms with Crippen LogP contribution in [-0.2, 0) is 11.0 Å². The number of imidazole rings is 1. The standard InChI is InChI=1S/C21H26F2N4O3S2/c1-6-7-32(28)26-17-8-13(9-19(25-17)30-20(22)23)14-11-24-18-10-15(29-5)16(12-27(14)18)31-21(2,3)4/h8-12,20H,6-7H2,1-5H3,(H,25,26). The van der Waals surface area contributed by atoms with Crippen LogP contribution in [0.15, 0.2) is 35.5 Å². The van der Waals surface area contributed by atoms with Gasteiger partial charge in [-0.25, -0.2) is 9.19 Å². The first kappa shape index (κ1) is 24.2. The molecule has 0 saturated carbocycles. The summed E-state index contributed by atoms with van der Waals surface area (Å²) in [5.74, 6) is 1.00. The number of nitrogens with zero attached hydrogens (tertiary/aromatic N) is 3. The summed E-state index contributed by atoms with van der Waals surface area (Å²) in [4.78, 5) is 9.36. The molecule has 3 rings (SSSR count). The fourth-order valence-corrected chi connectivity index (χ4v) is 4.85. The van der Waals surface area contributed by atoms with E-state index in [4.69, 9.17) is 4.74 Å². The van der Waals surface area contributed by atoms with Crippen LogP contribution < -0.4 is 14.2 Å². The van der Waals surface area contributed by atoms with Crippen LogP contribution in [0, 0.1) is 0 Å². The van der Waals surface area contributed by atoms with E-state index in [1.807, 2.05) is 23.6 Å². The molecule has 0 saturated heterocycles. The second-order valence-corrected chi connectivity index (χ2v) is 11.1. The van der Waals surface area contributed by atoms with Gasteiger partial charge in [-0.05, 0) is 12.5 Å². The molecule has 0 aromatic carbocycles. The number of fused-ring (bicyclic) bond motifs is 1. The van der Waals surface area contributed by atoms with Gasteiger partial charge >= 0.3 is 6.61 Å². The average Bonchev–Trinajstić information content (AvgIpc) is 3.08. The van der Waals surface area contributed by atoms with Crippen molar-refractivity contribution in [3.63, 3.8) is 0 Å². The van der Waals surface area contributed by atoms with Crippen molar-refractivity contribution >= 4 is 34.2 Å². The van der Waals surface area contributed by atoms with E-state index in [-0.39, 0.29) is 16.4 Å². The Morgan fingerprint density at radius 2 is 2.03 bits per heavy atom. The molecule has 0 radical (unpaired) electrons. The van der Waals surface area contributed by atoms with Crippen LogP contribution >= 0.6 is 11.8 Å². The van der Waals surface area contributed by atoms with Gasteiger partial charge in [-0.1, -0.05) is 27.7 Å². The summed E-state index contributed by atoms with van der Waals surface area (Å²) in [6.45, 7) is 5.16. The van der Waals surface area contributed by atoms with Gasteiger partial charge < -0.3 is 9.47 Å². The minimum atomic E-state index is -3.03. The molecule has 32 heavy (non-hydrogen) atoms. The zero-order valence-electron chi connectivity index (χ0n) is 18.5. The monoisotopic (exact) mass is 484 g/mol. The molecule has 7 nitrogen and oxygen atoms in total. The number of rotatable bonds is 9. The first-order chi connectivity index (χ1) is 15.1. The molecule has 0 amide bonds. The van der Waals surface area contributed by atoms with Crippen LogP contribution in [0.2, 0.25) is 0 Å². The fraction of sp³-hybridized carbons (Fsp3) is 0.429. The Hall–Kier alpha value is -2.40. The van der Waals surface area contributed by atoms with Crippen molar-refractivity contribution in [3.8, 4) is 22.9 Å². The van der Waals surface area contributed by atoms with E-state index in [1.54, 1.807) is 31.1 Å². The maximum Gasteiger partial charge on any atom is 0.388 e. The molecule has 0 aliphatic rings. The van der Waals surface area contributed by atoms with Crippen molar-refractivity contribution in [3.05, 3.63) is 30.6 Å². The average molecular weight is 485 g/mol. The Morgan fingerprint density at radius 3 is 2.66 bits per heavy atom. The first-order valence-electron chi connectivity index (χ1n) is 9.96. The lowest BCUT2D eigenvalue weighted by atomic mass is 10.2. The molecule has 1 unspecified atom stereocenters. The molecule has 0 aliphatic heterocycles. The van der Waals surface area contributed by atoms with Gasteiger partial charge in [0.05, 0.1) is 23.9 Å². The van der Waals surface area contributed by atoms with Crippen LogP contribution in [0.3, 0.4) is 0 Å². The summed E-state index contributed by atoms with van der Waals surface area (Å²) >= 11 is 1.64. The highest BCUT2D eigenvalue weighted by Crippen LogP contribution is 2.39. The summed E-state index contributed by atoms with van der Waals surface area (Å²) in [5.41, 5.74) is 1.81. The van der Waals surface area contributed by atoms with Crippen molar-refractivity contribution < 1.29 is 22.5 Å². The maximum absolute atomic E-state index is 12.9. The minimum absolute atomic E-state index is 0.0585. The third-order valence-electron chi connectivity index (χ3n) is 4.13. The van der Waals surface area contributed by atoms with Crippen LogP contribution in [0.25, 0.3) is 16.9 Å². The topological polar surface area (TPSA) is 77.8 Å². The lowest BCUT2D eigenvalue weighted by molar-refractivity contribution is -0.0527. The number of thioether (sulfide) groups is 1. The summed E-state index contributed by atoms with van der Waals surface area (Å²) in [7, 11) is 0.213. The van der Waals surface area contributed by atoms with Crippen LogP contribution in [0.5, 0.6) is 11.6 Å². The number of hydrogen-bond acceptors (Lipinski definition) is 6. The number of halogens is 2. The summed E-state index contributed by atoms with van der Waals surface area (Å²) in [5, 5.41) is 0. The van der Waals surface area contributed by atoms with Gasteiger partial charge in [0.25, 0.3) is 0 Å². The lowest BCUT2D eigenvalue weighted by Gasteiger charge is -2.20. The summed E-state index contributed by atoms with van der Waals surface area (Å²) in [6, 6.07) is 4.87. The van der Waals surface area contributed by atoms with Crippen molar-refractivity contribution in [2.45, 2.75) is 50.4 Å². The second-order valence-electron chi connectivity index (χ2n) is 7.90. The molecule has 3 aromatic rings. The SMILES string of the molecule is CCCS(=O)Nc1cc(-c2cnc3cc(OC)c(SC(C)(C)C)cn23)cc(OC(F)F)n1. The molecule has 1 N–H and O–H groups in total. The van der Waals surface area contributed by atoms with E-state index in [9.17, 15) is 13.0 Å². The molecule has 11 heteroatoms. The molecule has 174 valence electrons. The Morgan fingerprint density at radius 1 is 1.28 bits per heavy atom. The van der Waals surface area contributed by atoms with E-state index in [0.717, 1.165) is 4.90 Å². The van der Waals surface area contributed by atoms with Crippen LogP contribution in [0.1, 0.15) is 34.1 Å². The van der Waals surface area contributed by atoms with E-state index in [2.05, 4.69) is 40.2 Å². The molecule has 3 heterocycles. The molecule has 3 aromatic heterocycles. The largest absolute Gasteiger partial charge is 0.495 e. The Kier molecular flexibility index (Phi) is 7.60. The quantitative estimate of drug-likeness (QED) is 0.411. The smallest absolute Gasteiger partial charge is 0.388 e. The molecule has 1 atom stereocenters. The fourth-order valence-electron chi connectivity index (χ4n) is 2.98. The zero-order chi connectivity index (χ0) is 23.5. The Balaban J connectivity index is 2.11. The molecule has 0 bridgehead atoms. The highest BCUT2D eigenvalue weighted by molar-refractivity contribution is 8.00. The van der Waals surface area contributed by atoms with Crippen molar-refractivity contribution in [1.82, 2.24) is 14.4 Å². The second kappa shape index (κ2) is 10.0. The number of methoxy groups -OCH3 is 1. The lowest BCUT2D eigenvalue weighted by Crippen LogP contribution is -2.11. The number of nitrogens with one attached hydrogen (secondary N) is 1. The van der Waals surface area contributed by atoms with Gasteiger partial charge in [-0.15, -0.1) is 11.8 Å². The number of aromatic nitrogens is 3. The number of ether oxygens (including phenoxy) is 2. The molecular formula is C21H26F2N4O3S2. The molecule has 0 spiro atoms. The molecular weight excluding hydrogens is 458 g/mol. The van der Waals surface area contributed by atoms with E-state index in [0.29, 0.717) is 34.8 Å². The summed E-state index contributed by atoms with van der Waals surface area (Å²) < 4.78 is 52.5. The number of hydrogen-bond donors (Lipinski definition) is 1. The highest BCUT2D eigenvalue weighted by atomic mass is 32.2. The van der Waals surface area contributed by atoms with E-state index in [1.165, 1.54) is 6.07 Å². The Labute approximate surface area is 192 Å². The van der Waals surface area contributed by atoms with Crippen LogP contribution in [0.4, 0.5) is 14.6 Å². The molecule has 0 fully saturated rings. The van der Waals surface area contributed by atoms with Gasteiger partial charge in [-0.3, -0.25) is 9.12 Å². The number of anilines is 1. The van der Waals surface area contributed by atoms with Gasteiger partial charge in [0.15, 0.2) is 0 Å². The van der Waals surface area contributed by atoms with Gasteiger partial charge in [0, 0.05) is 34.4 Å². The third kappa shape index (κ3) is 6.10. The highest BCUT2D eigenvalue weighted by Gasteiger charge is 2.19. The minimum Gasteiger partial charge on any atom is -0.495 e. The van der Waals surface area contributed by atoms with Crippen molar-refractivity contribution in [2.24, 2.45) is 0 Å². The van der Waals surface area contributed by atoms with Gasteiger partial charge in [0.1, 0.15) is 28.2 Å².